The fourth-order valence-electron chi connectivity index (χ4n) is 0.913. The van der Waals surface area contributed by atoms with Gasteiger partial charge in [-0.25, -0.2) is 9.59 Å². The third-order valence-electron chi connectivity index (χ3n) is 1.58. The average Bonchev–Trinajstić information content (AvgIpc) is 2.15. The minimum absolute atomic E-state index is 0. The number of halogens is 3. The minimum atomic E-state index is -5.05. The van der Waals surface area contributed by atoms with Crippen LogP contribution >= 0.6 is 0 Å². The molecular formula is C9H5CoF3O4. The molecule has 0 amide bonds. The summed E-state index contributed by atoms with van der Waals surface area (Å²) in [6, 6.07) is 3.90. The van der Waals surface area contributed by atoms with Gasteiger partial charge in [-0.3, -0.25) is 0 Å². The molecule has 0 atom stereocenters. The Morgan fingerprint density at radius 3 is 1.82 bits per heavy atom. The summed E-state index contributed by atoms with van der Waals surface area (Å²) in [4.78, 5) is 21.3. The number of benzene rings is 1. The molecule has 17 heavy (non-hydrogen) atoms. The predicted octanol–water partition coefficient (Wildman–Crippen LogP) is 2.06. The third-order valence-corrected chi connectivity index (χ3v) is 1.58. The standard InChI is InChI=1S/C9H5F3O4.Co/c10-9(11,12)16-8(15)6-3-1-5(2-4-6)7(13)14;/h1-4H,(H,13,14);. The number of hydrogen-bond acceptors (Lipinski definition) is 3. The summed E-state index contributed by atoms with van der Waals surface area (Å²) in [5.41, 5.74) is -0.508. The van der Waals surface area contributed by atoms with Crippen molar-refractivity contribution in [3.63, 3.8) is 0 Å². The van der Waals surface area contributed by atoms with Crippen molar-refractivity contribution in [3.05, 3.63) is 35.4 Å². The molecule has 0 bridgehead atoms. The first kappa shape index (κ1) is 15.5. The van der Waals surface area contributed by atoms with Gasteiger partial charge in [-0.2, -0.15) is 0 Å². The van der Waals surface area contributed by atoms with Gasteiger partial charge in [-0.05, 0) is 24.3 Å². The number of aromatic carboxylic acids is 1. The average molecular weight is 293 g/mol. The summed E-state index contributed by atoms with van der Waals surface area (Å²) in [6.07, 6.45) is -5.05. The van der Waals surface area contributed by atoms with E-state index in [1.165, 1.54) is 0 Å². The molecule has 1 rings (SSSR count). The number of esters is 1. The van der Waals surface area contributed by atoms with E-state index >= 15 is 0 Å². The van der Waals surface area contributed by atoms with Crippen LogP contribution in [0.5, 0.6) is 0 Å². The second-order valence-electron chi connectivity index (χ2n) is 2.72. The van der Waals surface area contributed by atoms with Crippen molar-refractivity contribution in [2.45, 2.75) is 6.36 Å². The molecule has 0 aromatic heterocycles. The monoisotopic (exact) mass is 293 g/mol. The number of alkyl halides is 3. The van der Waals surface area contributed by atoms with Crippen molar-refractivity contribution >= 4 is 11.9 Å². The molecule has 1 radical (unpaired) electrons. The van der Waals surface area contributed by atoms with E-state index < -0.39 is 18.3 Å². The molecule has 0 aliphatic carbocycles. The largest absolute Gasteiger partial charge is 0.575 e. The number of carbonyl (C=O) groups excluding carboxylic acids is 1. The summed E-state index contributed by atoms with van der Waals surface area (Å²) in [7, 11) is 0. The van der Waals surface area contributed by atoms with Gasteiger partial charge in [0.15, 0.2) is 0 Å². The molecule has 0 aliphatic heterocycles. The first-order valence-corrected chi connectivity index (χ1v) is 3.93. The Labute approximate surface area is 104 Å². The van der Waals surface area contributed by atoms with Gasteiger partial charge < -0.3 is 9.84 Å². The Balaban J connectivity index is 0.00000256. The van der Waals surface area contributed by atoms with Crippen molar-refractivity contribution < 1.29 is 49.4 Å². The van der Waals surface area contributed by atoms with Crippen LogP contribution in [0.2, 0.25) is 0 Å². The number of ether oxygens (including phenoxy) is 1. The van der Waals surface area contributed by atoms with Crippen molar-refractivity contribution in [3.8, 4) is 0 Å². The van der Waals surface area contributed by atoms with E-state index in [4.69, 9.17) is 5.11 Å². The van der Waals surface area contributed by atoms with Gasteiger partial charge in [0.05, 0.1) is 11.1 Å². The minimum Gasteiger partial charge on any atom is -0.478 e. The van der Waals surface area contributed by atoms with Gasteiger partial charge in [0.2, 0.25) is 0 Å². The molecule has 0 unspecified atom stereocenters. The Kier molecular flexibility index (Phi) is 5.17. The van der Waals surface area contributed by atoms with Crippen LogP contribution in [-0.2, 0) is 21.5 Å². The van der Waals surface area contributed by atoms with E-state index in [1.54, 1.807) is 0 Å². The number of carboxylic acid groups (broad SMARTS) is 1. The normalized spacial score (nSPS) is 10.3. The molecule has 95 valence electrons. The van der Waals surface area contributed by atoms with Crippen LogP contribution in [0.4, 0.5) is 13.2 Å². The van der Waals surface area contributed by atoms with Crippen molar-refractivity contribution in [1.82, 2.24) is 0 Å². The van der Waals surface area contributed by atoms with E-state index in [0.29, 0.717) is 0 Å². The molecule has 4 nitrogen and oxygen atoms in total. The summed E-state index contributed by atoms with van der Waals surface area (Å²) in [5, 5.41) is 8.50. The molecule has 8 heteroatoms. The van der Waals surface area contributed by atoms with Crippen LogP contribution in [0.3, 0.4) is 0 Å². The van der Waals surface area contributed by atoms with E-state index in [2.05, 4.69) is 4.74 Å². The number of carboxylic acids is 1. The van der Waals surface area contributed by atoms with Gasteiger partial charge in [0.25, 0.3) is 0 Å². The molecule has 1 N–H and O–H groups in total. The molecule has 0 aliphatic rings. The molecule has 0 fully saturated rings. The van der Waals surface area contributed by atoms with Crippen LogP contribution in [0.1, 0.15) is 20.7 Å². The summed E-state index contributed by atoms with van der Waals surface area (Å²) < 4.78 is 38.1. The summed E-state index contributed by atoms with van der Waals surface area (Å²) in [5.74, 6) is -2.82. The molecule has 0 heterocycles. The van der Waals surface area contributed by atoms with Crippen molar-refractivity contribution in [2.75, 3.05) is 0 Å². The Morgan fingerprint density at radius 2 is 1.47 bits per heavy atom. The molecule has 1 aromatic carbocycles. The molecule has 0 saturated heterocycles. The van der Waals surface area contributed by atoms with E-state index in [0.717, 1.165) is 24.3 Å². The maximum atomic E-state index is 11.7. The zero-order chi connectivity index (χ0) is 12.3. The molecule has 0 spiro atoms. The maximum absolute atomic E-state index is 11.7. The first-order valence-electron chi connectivity index (χ1n) is 3.93. The van der Waals surface area contributed by atoms with Gasteiger partial charge in [-0.15, -0.1) is 13.2 Å². The van der Waals surface area contributed by atoms with E-state index in [9.17, 15) is 22.8 Å². The van der Waals surface area contributed by atoms with Crippen LogP contribution in [0, 0.1) is 0 Å². The fraction of sp³-hybridized carbons (Fsp3) is 0.111. The second-order valence-corrected chi connectivity index (χ2v) is 2.72. The third kappa shape index (κ3) is 4.87. The SMILES string of the molecule is O=C(O)c1ccc(C(=O)OC(F)(F)F)cc1.[Co]. The molecular weight excluding hydrogens is 288 g/mol. The number of carbonyl (C=O) groups is 2. The maximum Gasteiger partial charge on any atom is 0.575 e. The van der Waals surface area contributed by atoms with Crippen LogP contribution in [0.15, 0.2) is 24.3 Å². The summed E-state index contributed by atoms with van der Waals surface area (Å²) >= 11 is 0. The molecule has 1 aromatic rings. The van der Waals surface area contributed by atoms with E-state index in [1.807, 2.05) is 0 Å². The van der Waals surface area contributed by atoms with Crippen molar-refractivity contribution in [2.24, 2.45) is 0 Å². The Morgan fingerprint density at radius 1 is 1.06 bits per heavy atom. The quantitative estimate of drug-likeness (QED) is 0.848. The zero-order valence-corrected chi connectivity index (χ0v) is 8.99. The topological polar surface area (TPSA) is 63.6 Å². The van der Waals surface area contributed by atoms with Crippen molar-refractivity contribution in [1.29, 1.82) is 0 Å². The second kappa shape index (κ2) is 5.69. The number of rotatable bonds is 2. The first-order chi connectivity index (χ1) is 7.29. The van der Waals surface area contributed by atoms with Crippen LogP contribution in [0.25, 0.3) is 0 Å². The van der Waals surface area contributed by atoms with Crippen LogP contribution in [-0.4, -0.2) is 23.4 Å². The molecule has 0 saturated carbocycles. The smallest absolute Gasteiger partial charge is 0.478 e. The summed E-state index contributed by atoms with van der Waals surface area (Å²) in [6.45, 7) is 0. The van der Waals surface area contributed by atoms with E-state index in [-0.39, 0.29) is 27.9 Å². The van der Waals surface area contributed by atoms with Gasteiger partial charge >= 0.3 is 18.3 Å². The van der Waals surface area contributed by atoms with Crippen LogP contribution < -0.4 is 0 Å². The van der Waals surface area contributed by atoms with Gasteiger partial charge in [-0.1, -0.05) is 0 Å². The Bertz CT molecular complexity index is 413. The fourth-order valence-corrected chi connectivity index (χ4v) is 0.913. The zero-order valence-electron chi connectivity index (χ0n) is 7.95. The number of hydrogen-bond donors (Lipinski definition) is 1. The van der Waals surface area contributed by atoms with Gasteiger partial charge in [0.1, 0.15) is 0 Å². The predicted molar refractivity (Wildman–Crippen MR) is 44.9 cm³/mol. The Hall–Kier alpha value is -1.54. The van der Waals surface area contributed by atoms with Gasteiger partial charge in [0, 0.05) is 16.8 Å².